The van der Waals surface area contributed by atoms with Gasteiger partial charge in [-0.1, -0.05) is 6.07 Å². The second-order valence-corrected chi connectivity index (χ2v) is 6.62. The van der Waals surface area contributed by atoms with Crippen LogP contribution in [0.5, 0.6) is 11.5 Å². The summed E-state index contributed by atoms with van der Waals surface area (Å²) in [5.74, 6) is -0.416. The number of alkyl halides is 3. The van der Waals surface area contributed by atoms with Gasteiger partial charge in [0.05, 0.1) is 0 Å². The number of halogens is 3. The Labute approximate surface area is 141 Å². The number of urea groups is 1. The van der Waals surface area contributed by atoms with Gasteiger partial charge in [-0.3, -0.25) is 9.69 Å². The Balaban J connectivity index is 1.57. The van der Waals surface area contributed by atoms with E-state index in [-0.39, 0.29) is 29.6 Å². The number of rotatable bonds is 4. The van der Waals surface area contributed by atoms with E-state index in [2.05, 4.69) is 10.1 Å². The molecule has 1 aromatic rings. The molecule has 1 heterocycles. The van der Waals surface area contributed by atoms with Gasteiger partial charge in [0.25, 0.3) is 5.91 Å². The molecule has 1 saturated heterocycles. The Bertz CT molecular complexity index is 699. The molecule has 6 nitrogen and oxygen atoms in total. The summed E-state index contributed by atoms with van der Waals surface area (Å²) in [5, 5.41) is 2.61. The molecular formula is C16H17F3N2O4. The maximum atomic E-state index is 12.2. The summed E-state index contributed by atoms with van der Waals surface area (Å²) in [5.41, 5.74) is -0.924. The van der Waals surface area contributed by atoms with Gasteiger partial charge in [-0.05, 0) is 26.0 Å². The van der Waals surface area contributed by atoms with Crippen LogP contribution in [0.15, 0.2) is 24.3 Å². The largest absolute Gasteiger partial charge is 0.573 e. The number of nitrogens with zero attached hydrogens (tertiary/aromatic N) is 1. The number of hydrogen-bond donors (Lipinski definition) is 1. The van der Waals surface area contributed by atoms with E-state index in [1.807, 2.05) is 0 Å². The van der Waals surface area contributed by atoms with E-state index in [1.54, 1.807) is 13.8 Å². The van der Waals surface area contributed by atoms with Crippen molar-refractivity contribution in [3.8, 4) is 11.5 Å². The van der Waals surface area contributed by atoms with Crippen molar-refractivity contribution in [2.75, 3.05) is 0 Å². The number of amides is 3. The molecule has 1 aromatic carbocycles. The molecule has 0 aromatic heterocycles. The molecule has 2 aliphatic rings. The third kappa shape index (κ3) is 3.64. The van der Waals surface area contributed by atoms with Crippen LogP contribution in [-0.2, 0) is 4.79 Å². The SMILES string of the molecule is CC1(C)NC(=O)N([C@H]2C[C@H](Oc3cccc(OC(F)(F)F)c3)C2)C1=O. The Kier molecular flexibility index (Phi) is 4.04. The monoisotopic (exact) mass is 358 g/mol. The van der Waals surface area contributed by atoms with Crippen molar-refractivity contribution < 1.29 is 32.2 Å². The molecule has 0 bridgehead atoms. The van der Waals surface area contributed by atoms with Crippen LogP contribution in [0.2, 0.25) is 0 Å². The quantitative estimate of drug-likeness (QED) is 0.841. The van der Waals surface area contributed by atoms with Crippen LogP contribution in [0.3, 0.4) is 0 Å². The first-order valence-corrected chi connectivity index (χ1v) is 7.73. The molecule has 9 heteroatoms. The normalized spacial score (nSPS) is 25.4. The fourth-order valence-corrected chi connectivity index (χ4v) is 2.89. The molecular weight excluding hydrogens is 341 g/mol. The van der Waals surface area contributed by atoms with Crippen molar-refractivity contribution in [1.29, 1.82) is 0 Å². The highest BCUT2D eigenvalue weighted by Crippen LogP contribution is 2.34. The van der Waals surface area contributed by atoms with E-state index >= 15 is 0 Å². The standard InChI is InChI=1S/C16H17F3N2O4/c1-15(2)13(22)21(14(23)20-15)9-6-12(7-9)24-10-4-3-5-11(8-10)25-16(17,18)19/h3-5,8-9,12H,6-7H2,1-2H3,(H,20,23)/t9-,12-. The van der Waals surface area contributed by atoms with Crippen LogP contribution >= 0.6 is 0 Å². The third-order valence-corrected chi connectivity index (χ3v) is 4.17. The van der Waals surface area contributed by atoms with Gasteiger partial charge < -0.3 is 14.8 Å². The molecule has 0 atom stereocenters. The van der Waals surface area contributed by atoms with Gasteiger partial charge in [-0.25, -0.2) is 4.79 Å². The van der Waals surface area contributed by atoms with Crippen LogP contribution in [0.25, 0.3) is 0 Å². The van der Waals surface area contributed by atoms with E-state index in [9.17, 15) is 22.8 Å². The van der Waals surface area contributed by atoms with E-state index in [0.29, 0.717) is 12.8 Å². The number of carbonyl (C=O) groups excluding carboxylic acids is 2. The van der Waals surface area contributed by atoms with E-state index in [4.69, 9.17) is 4.74 Å². The summed E-state index contributed by atoms with van der Waals surface area (Å²) in [4.78, 5) is 25.3. The van der Waals surface area contributed by atoms with E-state index < -0.39 is 17.9 Å². The molecule has 25 heavy (non-hydrogen) atoms. The molecule has 0 radical (unpaired) electrons. The molecule has 1 saturated carbocycles. The lowest BCUT2D eigenvalue weighted by Crippen LogP contribution is -2.52. The first-order valence-electron chi connectivity index (χ1n) is 7.73. The number of hydrogen-bond acceptors (Lipinski definition) is 4. The minimum atomic E-state index is -4.77. The van der Waals surface area contributed by atoms with Crippen LogP contribution < -0.4 is 14.8 Å². The third-order valence-electron chi connectivity index (χ3n) is 4.17. The fraction of sp³-hybridized carbons (Fsp3) is 0.500. The topological polar surface area (TPSA) is 67.9 Å². The number of benzene rings is 1. The van der Waals surface area contributed by atoms with Gasteiger partial charge in [0.15, 0.2) is 0 Å². The van der Waals surface area contributed by atoms with Gasteiger partial charge in [-0.2, -0.15) is 0 Å². The molecule has 0 spiro atoms. The second kappa shape index (κ2) is 5.82. The lowest BCUT2D eigenvalue weighted by atomic mass is 9.87. The zero-order valence-electron chi connectivity index (χ0n) is 13.6. The summed E-state index contributed by atoms with van der Waals surface area (Å²) < 4.78 is 46.1. The van der Waals surface area contributed by atoms with Crippen LogP contribution in [0.4, 0.5) is 18.0 Å². The minimum absolute atomic E-state index is 0.239. The van der Waals surface area contributed by atoms with Gasteiger partial charge in [0.1, 0.15) is 23.1 Å². The lowest BCUT2D eigenvalue weighted by Gasteiger charge is -2.39. The number of imide groups is 1. The Hall–Kier alpha value is -2.45. The zero-order chi connectivity index (χ0) is 18.4. The second-order valence-electron chi connectivity index (χ2n) is 6.62. The predicted molar refractivity (Wildman–Crippen MR) is 80.0 cm³/mol. The number of carbonyl (C=O) groups is 2. The van der Waals surface area contributed by atoms with Crippen molar-refractivity contribution in [1.82, 2.24) is 10.2 Å². The lowest BCUT2D eigenvalue weighted by molar-refractivity contribution is -0.274. The van der Waals surface area contributed by atoms with Crippen molar-refractivity contribution in [2.24, 2.45) is 0 Å². The molecule has 2 fully saturated rings. The summed E-state index contributed by atoms with van der Waals surface area (Å²) in [6.07, 6.45) is -4.19. The number of ether oxygens (including phenoxy) is 2. The Morgan fingerprint density at radius 2 is 1.84 bits per heavy atom. The molecule has 1 aliphatic carbocycles. The van der Waals surface area contributed by atoms with Crippen molar-refractivity contribution in [3.05, 3.63) is 24.3 Å². The van der Waals surface area contributed by atoms with Gasteiger partial charge in [-0.15, -0.1) is 13.2 Å². The maximum absolute atomic E-state index is 12.2. The van der Waals surface area contributed by atoms with Gasteiger partial charge >= 0.3 is 12.4 Å². The summed E-state index contributed by atoms with van der Waals surface area (Å²) in [7, 11) is 0. The van der Waals surface area contributed by atoms with E-state index in [1.165, 1.54) is 23.1 Å². The van der Waals surface area contributed by atoms with Crippen LogP contribution in [0, 0.1) is 0 Å². The highest BCUT2D eigenvalue weighted by Gasteiger charge is 2.50. The average Bonchev–Trinajstić information content (AvgIpc) is 2.61. The number of nitrogens with one attached hydrogen (secondary N) is 1. The first kappa shape index (κ1) is 17.4. The van der Waals surface area contributed by atoms with E-state index in [0.717, 1.165) is 6.07 Å². The fourth-order valence-electron chi connectivity index (χ4n) is 2.89. The predicted octanol–water partition coefficient (Wildman–Crippen LogP) is 2.83. The zero-order valence-corrected chi connectivity index (χ0v) is 13.6. The minimum Gasteiger partial charge on any atom is -0.490 e. The van der Waals surface area contributed by atoms with Crippen molar-refractivity contribution in [2.45, 2.75) is 50.7 Å². The Morgan fingerprint density at radius 1 is 1.20 bits per heavy atom. The molecule has 3 rings (SSSR count). The maximum Gasteiger partial charge on any atom is 0.573 e. The highest BCUT2D eigenvalue weighted by molar-refractivity contribution is 6.06. The van der Waals surface area contributed by atoms with Crippen molar-refractivity contribution >= 4 is 11.9 Å². The highest BCUT2D eigenvalue weighted by atomic mass is 19.4. The van der Waals surface area contributed by atoms with Crippen molar-refractivity contribution in [3.63, 3.8) is 0 Å². The first-order chi connectivity index (χ1) is 11.5. The Morgan fingerprint density at radius 3 is 2.40 bits per heavy atom. The van der Waals surface area contributed by atoms with Gasteiger partial charge in [0.2, 0.25) is 0 Å². The van der Waals surface area contributed by atoms with Gasteiger partial charge in [0, 0.05) is 24.9 Å². The summed E-state index contributed by atoms with van der Waals surface area (Å²) in [6, 6.07) is 4.55. The average molecular weight is 358 g/mol. The molecule has 1 aliphatic heterocycles. The molecule has 136 valence electrons. The molecule has 3 amide bonds. The smallest absolute Gasteiger partial charge is 0.490 e. The van der Waals surface area contributed by atoms with Crippen LogP contribution in [0.1, 0.15) is 26.7 Å². The summed E-state index contributed by atoms with van der Waals surface area (Å²) >= 11 is 0. The summed E-state index contributed by atoms with van der Waals surface area (Å²) in [6.45, 7) is 3.26. The van der Waals surface area contributed by atoms with Crippen LogP contribution in [-0.4, -0.2) is 40.9 Å². The molecule has 0 unspecified atom stereocenters. The molecule has 1 N–H and O–H groups in total.